The molecule has 3 atom stereocenters. The molecule has 1 aromatic rings. The number of aliphatic hydroxyl groups excluding tert-OH is 1. The van der Waals surface area contributed by atoms with E-state index >= 15 is 0 Å². The Bertz CT molecular complexity index is 398. The number of hydrogen-bond donors (Lipinski definition) is 1. The van der Waals surface area contributed by atoms with E-state index in [2.05, 4.69) is 13.0 Å². The van der Waals surface area contributed by atoms with Crippen molar-refractivity contribution in [2.75, 3.05) is 7.11 Å². The quantitative estimate of drug-likeness (QED) is 0.848. The Morgan fingerprint density at radius 3 is 2.44 bits per heavy atom. The number of benzene rings is 1. The third kappa shape index (κ3) is 1.94. The normalized spacial score (nSPS) is 25.3. The molecule has 1 aliphatic rings. The third-order valence-corrected chi connectivity index (χ3v) is 3.68. The molecule has 0 radical (unpaired) electrons. The fourth-order valence-electron chi connectivity index (χ4n) is 2.37. The predicted molar refractivity (Wildman–Crippen MR) is 64.7 cm³/mol. The maximum Gasteiger partial charge on any atom is 0.122 e. The smallest absolute Gasteiger partial charge is 0.122 e. The summed E-state index contributed by atoms with van der Waals surface area (Å²) in [5, 5.41) is 10.3. The zero-order valence-electron chi connectivity index (χ0n) is 10.4. The summed E-state index contributed by atoms with van der Waals surface area (Å²) in [6.07, 6.45) is 0.839. The van der Waals surface area contributed by atoms with Crippen molar-refractivity contribution in [3.8, 4) is 5.75 Å². The van der Waals surface area contributed by atoms with Crippen LogP contribution in [0, 0.1) is 25.7 Å². The second-order valence-corrected chi connectivity index (χ2v) is 5.00. The van der Waals surface area contributed by atoms with Crippen LogP contribution >= 0.6 is 0 Å². The lowest BCUT2D eigenvalue weighted by molar-refractivity contribution is 0.147. The van der Waals surface area contributed by atoms with Crippen LogP contribution in [-0.4, -0.2) is 12.2 Å². The van der Waals surface area contributed by atoms with Crippen molar-refractivity contribution in [2.45, 2.75) is 33.3 Å². The van der Waals surface area contributed by atoms with Gasteiger partial charge in [0.1, 0.15) is 5.75 Å². The molecule has 1 N–H and O–H groups in total. The van der Waals surface area contributed by atoms with Crippen molar-refractivity contribution in [1.82, 2.24) is 0 Å². The van der Waals surface area contributed by atoms with E-state index in [4.69, 9.17) is 4.74 Å². The van der Waals surface area contributed by atoms with Gasteiger partial charge in [0.05, 0.1) is 13.2 Å². The molecular weight excluding hydrogens is 200 g/mol. The first-order valence-corrected chi connectivity index (χ1v) is 5.87. The minimum absolute atomic E-state index is 0.306. The Labute approximate surface area is 97.3 Å². The molecule has 0 spiro atoms. The maximum absolute atomic E-state index is 10.3. The lowest BCUT2D eigenvalue weighted by Crippen LogP contribution is -2.04. The minimum atomic E-state index is -0.306. The minimum Gasteiger partial charge on any atom is -0.496 e. The average Bonchev–Trinajstić information content (AvgIpc) is 2.97. The first-order valence-electron chi connectivity index (χ1n) is 5.87. The number of rotatable bonds is 3. The van der Waals surface area contributed by atoms with Crippen molar-refractivity contribution in [3.05, 3.63) is 28.8 Å². The largest absolute Gasteiger partial charge is 0.496 e. The van der Waals surface area contributed by atoms with Crippen molar-refractivity contribution < 1.29 is 9.84 Å². The zero-order chi connectivity index (χ0) is 11.9. The summed E-state index contributed by atoms with van der Waals surface area (Å²) in [5.41, 5.74) is 3.28. The Morgan fingerprint density at radius 2 is 1.94 bits per heavy atom. The molecule has 3 unspecified atom stereocenters. The van der Waals surface area contributed by atoms with E-state index in [1.807, 2.05) is 19.9 Å². The van der Waals surface area contributed by atoms with Crippen molar-refractivity contribution in [1.29, 1.82) is 0 Å². The standard InChI is InChI=1S/C14H20O2/c1-8-5-11(8)14(15)12-6-10(3)13(16-4)7-9(12)2/h6-8,11,14-15H,5H2,1-4H3. The van der Waals surface area contributed by atoms with Gasteiger partial charge in [-0.05, 0) is 60.9 Å². The van der Waals surface area contributed by atoms with E-state index < -0.39 is 0 Å². The molecule has 2 nitrogen and oxygen atoms in total. The zero-order valence-corrected chi connectivity index (χ0v) is 10.4. The van der Waals surface area contributed by atoms with Gasteiger partial charge in [-0.3, -0.25) is 0 Å². The molecule has 1 fully saturated rings. The monoisotopic (exact) mass is 220 g/mol. The lowest BCUT2D eigenvalue weighted by Gasteiger charge is -2.16. The van der Waals surface area contributed by atoms with Crippen LogP contribution in [0.3, 0.4) is 0 Å². The van der Waals surface area contributed by atoms with Crippen molar-refractivity contribution in [2.24, 2.45) is 11.8 Å². The maximum atomic E-state index is 10.3. The van der Waals surface area contributed by atoms with E-state index in [0.717, 1.165) is 28.9 Å². The van der Waals surface area contributed by atoms with Gasteiger partial charge >= 0.3 is 0 Å². The van der Waals surface area contributed by atoms with Gasteiger partial charge in [0, 0.05) is 0 Å². The third-order valence-electron chi connectivity index (χ3n) is 3.68. The van der Waals surface area contributed by atoms with Crippen LogP contribution in [0.2, 0.25) is 0 Å². The number of ether oxygens (including phenoxy) is 1. The Hall–Kier alpha value is -1.02. The average molecular weight is 220 g/mol. The van der Waals surface area contributed by atoms with Gasteiger partial charge < -0.3 is 9.84 Å². The van der Waals surface area contributed by atoms with Gasteiger partial charge in [-0.15, -0.1) is 0 Å². The summed E-state index contributed by atoms with van der Waals surface area (Å²) >= 11 is 0. The Kier molecular flexibility index (Phi) is 2.94. The molecule has 0 bridgehead atoms. The summed E-state index contributed by atoms with van der Waals surface area (Å²) in [4.78, 5) is 0. The highest BCUT2D eigenvalue weighted by Gasteiger charge is 2.39. The number of aliphatic hydroxyl groups is 1. The van der Waals surface area contributed by atoms with Gasteiger partial charge in [0.15, 0.2) is 0 Å². The van der Waals surface area contributed by atoms with Crippen LogP contribution in [0.5, 0.6) is 5.75 Å². The molecule has 0 aliphatic heterocycles. The first kappa shape index (κ1) is 11.5. The molecule has 0 amide bonds. The Morgan fingerprint density at radius 1 is 1.31 bits per heavy atom. The SMILES string of the molecule is COc1cc(C)c(C(O)C2CC2C)cc1C. The summed E-state index contributed by atoms with van der Waals surface area (Å²) in [6.45, 7) is 6.25. The molecule has 0 aromatic heterocycles. The predicted octanol–water partition coefficient (Wildman–Crippen LogP) is 3.00. The molecule has 2 rings (SSSR count). The van der Waals surface area contributed by atoms with E-state index in [0.29, 0.717) is 11.8 Å². The Balaban J connectivity index is 2.30. The van der Waals surface area contributed by atoms with Gasteiger partial charge in [0.2, 0.25) is 0 Å². The highest BCUT2D eigenvalue weighted by molar-refractivity contribution is 5.42. The second-order valence-electron chi connectivity index (χ2n) is 5.00. The molecule has 1 aromatic carbocycles. The molecule has 0 heterocycles. The summed E-state index contributed by atoms with van der Waals surface area (Å²) in [6, 6.07) is 4.07. The summed E-state index contributed by atoms with van der Waals surface area (Å²) < 4.78 is 5.28. The van der Waals surface area contributed by atoms with Crippen LogP contribution in [0.4, 0.5) is 0 Å². The number of hydrogen-bond acceptors (Lipinski definition) is 2. The van der Waals surface area contributed by atoms with Crippen molar-refractivity contribution >= 4 is 0 Å². The molecule has 0 saturated heterocycles. The topological polar surface area (TPSA) is 29.5 Å². The van der Waals surface area contributed by atoms with Crippen LogP contribution < -0.4 is 4.74 Å². The molecular formula is C14H20O2. The van der Waals surface area contributed by atoms with Gasteiger partial charge in [-0.25, -0.2) is 0 Å². The van der Waals surface area contributed by atoms with Gasteiger partial charge in [0.25, 0.3) is 0 Å². The van der Waals surface area contributed by atoms with E-state index in [9.17, 15) is 5.11 Å². The van der Waals surface area contributed by atoms with Crippen molar-refractivity contribution in [3.63, 3.8) is 0 Å². The number of methoxy groups -OCH3 is 1. The van der Waals surface area contributed by atoms with E-state index in [1.165, 1.54) is 0 Å². The molecule has 1 aliphatic carbocycles. The fourth-order valence-corrected chi connectivity index (χ4v) is 2.37. The van der Waals surface area contributed by atoms with E-state index in [1.54, 1.807) is 7.11 Å². The summed E-state index contributed by atoms with van der Waals surface area (Å²) in [7, 11) is 1.68. The molecule has 88 valence electrons. The highest BCUT2D eigenvalue weighted by atomic mass is 16.5. The first-order chi connectivity index (χ1) is 7.54. The van der Waals surface area contributed by atoms with Gasteiger partial charge in [-0.1, -0.05) is 6.92 Å². The van der Waals surface area contributed by atoms with Crippen LogP contribution in [0.15, 0.2) is 12.1 Å². The molecule has 2 heteroatoms. The van der Waals surface area contributed by atoms with Crippen LogP contribution in [0.1, 0.15) is 36.1 Å². The summed E-state index contributed by atoms with van der Waals surface area (Å²) in [5.74, 6) is 2.01. The van der Waals surface area contributed by atoms with Gasteiger partial charge in [-0.2, -0.15) is 0 Å². The highest BCUT2D eigenvalue weighted by Crippen LogP contribution is 2.47. The lowest BCUT2D eigenvalue weighted by atomic mass is 9.96. The van der Waals surface area contributed by atoms with Crippen LogP contribution in [0.25, 0.3) is 0 Å². The fraction of sp³-hybridized carbons (Fsp3) is 0.571. The second kappa shape index (κ2) is 4.10. The molecule has 1 saturated carbocycles. The number of aryl methyl sites for hydroxylation is 2. The molecule has 16 heavy (non-hydrogen) atoms. The van der Waals surface area contributed by atoms with Crippen LogP contribution in [-0.2, 0) is 0 Å². The van der Waals surface area contributed by atoms with E-state index in [-0.39, 0.29) is 6.10 Å².